The summed E-state index contributed by atoms with van der Waals surface area (Å²) in [7, 11) is 1.58. The summed E-state index contributed by atoms with van der Waals surface area (Å²) in [6.07, 6.45) is 1.85. The molecule has 2 aromatic heterocycles. The van der Waals surface area contributed by atoms with Crippen LogP contribution in [0.1, 0.15) is 9.88 Å². The van der Waals surface area contributed by atoms with Gasteiger partial charge in [-0.3, -0.25) is 0 Å². The summed E-state index contributed by atoms with van der Waals surface area (Å²) in [5.74, 6) is 1.18. The first kappa shape index (κ1) is 11.7. The Morgan fingerprint density at radius 1 is 1.47 bits per heavy atom. The molecule has 3 N–H and O–H groups in total. The number of aromatic nitrogens is 2. The van der Waals surface area contributed by atoms with Gasteiger partial charge in [-0.1, -0.05) is 0 Å². The Morgan fingerprint density at radius 3 is 2.94 bits per heavy atom. The topological polar surface area (TPSA) is 73.1 Å². The van der Waals surface area contributed by atoms with Gasteiger partial charge < -0.3 is 15.8 Å². The second-order valence-corrected chi connectivity index (χ2v) is 4.81. The molecule has 2 aromatic rings. The second-order valence-electron chi connectivity index (χ2n) is 3.49. The van der Waals surface area contributed by atoms with Crippen LogP contribution in [0.5, 0.6) is 5.88 Å². The van der Waals surface area contributed by atoms with Crippen molar-refractivity contribution < 1.29 is 4.74 Å². The summed E-state index contributed by atoms with van der Waals surface area (Å²) >= 11 is 1.65. The van der Waals surface area contributed by atoms with Gasteiger partial charge >= 0.3 is 0 Å². The predicted molar refractivity (Wildman–Crippen MR) is 69.4 cm³/mol. The molecule has 2 heterocycles. The largest absolute Gasteiger partial charge is 0.481 e. The quantitative estimate of drug-likeness (QED) is 0.868. The molecule has 0 bridgehead atoms. The summed E-state index contributed by atoms with van der Waals surface area (Å²) in [5, 5.41) is 4.22. The Kier molecular flexibility index (Phi) is 3.43. The Hall–Kier alpha value is -1.82. The predicted octanol–water partition coefficient (Wildman–Crippen LogP) is 2.05. The van der Waals surface area contributed by atoms with E-state index in [9.17, 15) is 0 Å². The number of nitrogens with one attached hydrogen (secondary N) is 1. The first-order valence-electron chi connectivity index (χ1n) is 5.14. The number of nitrogen functional groups attached to an aromatic ring is 1. The molecule has 0 unspecified atom stereocenters. The van der Waals surface area contributed by atoms with E-state index < -0.39 is 0 Å². The van der Waals surface area contributed by atoms with Crippen LogP contribution in [0.3, 0.4) is 0 Å². The van der Waals surface area contributed by atoms with E-state index in [-0.39, 0.29) is 0 Å². The Labute approximate surface area is 104 Å². The molecule has 0 saturated carbocycles. The highest BCUT2D eigenvalue weighted by atomic mass is 32.1. The number of thiazole rings is 1. The zero-order valence-corrected chi connectivity index (χ0v) is 10.5. The molecule has 0 aliphatic rings. The van der Waals surface area contributed by atoms with Crippen molar-refractivity contribution >= 4 is 22.8 Å². The minimum absolute atomic E-state index is 0.544. The molecule has 0 radical (unpaired) electrons. The minimum atomic E-state index is 0.544. The van der Waals surface area contributed by atoms with Crippen LogP contribution in [0.2, 0.25) is 0 Å². The summed E-state index contributed by atoms with van der Waals surface area (Å²) in [5.41, 5.74) is 6.42. The molecule has 0 saturated heterocycles. The highest BCUT2D eigenvalue weighted by Crippen LogP contribution is 2.21. The van der Waals surface area contributed by atoms with Gasteiger partial charge in [-0.15, -0.1) is 11.3 Å². The second kappa shape index (κ2) is 5.01. The zero-order valence-electron chi connectivity index (χ0n) is 9.73. The van der Waals surface area contributed by atoms with E-state index in [0.29, 0.717) is 23.9 Å². The summed E-state index contributed by atoms with van der Waals surface area (Å²) in [6.45, 7) is 2.64. The van der Waals surface area contributed by atoms with E-state index >= 15 is 0 Å². The van der Waals surface area contributed by atoms with Crippen molar-refractivity contribution in [3.8, 4) is 5.88 Å². The molecule has 0 fully saturated rings. The van der Waals surface area contributed by atoms with Gasteiger partial charge in [0, 0.05) is 17.1 Å². The fourth-order valence-electron chi connectivity index (χ4n) is 1.37. The molecule has 90 valence electrons. The molecule has 2 rings (SSSR count). The molecule has 0 aliphatic carbocycles. The molecule has 0 amide bonds. The normalized spacial score (nSPS) is 10.2. The summed E-state index contributed by atoms with van der Waals surface area (Å²) < 4.78 is 5.05. The molecule has 0 aliphatic heterocycles. The lowest BCUT2D eigenvalue weighted by Crippen LogP contribution is -2.04. The third-order valence-corrected chi connectivity index (χ3v) is 3.12. The monoisotopic (exact) mass is 250 g/mol. The van der Waals surface area contributed by atoms with Crippen LogP contribution in [-0.2, 0) is 6.54 Å². The van der Waals surface area contributed by atoms with Crippen LogP contribution >= 0.6 is 11.3 Å². The maximum atomic E-state index is 5.82. The number of anilines is 2. The number of rotatable bonds is 4. The molecule has 0 spiro atoms. The van der Waals surface area contributed by atoms with Crippen molar-refractivity contribution in [2.45, 2.75) is 13.5 Å². The molecule has 5 nitrogen and oxygen atoms in total. The van der Waals surface area contributed by atoms with Crippen molar-refractivity contribution in [3.63, 3.8) is 0 Å². The first-order valence-corrected chi connectivity index (χ1v) is 5.96. The average Bonchev–Trinajstić information content (AvgIpc) is 2.74. The third kappa shape index (κ3) is 2.85. The standard InChI is InChI=1S/C11H14N4OS/c1-7-13-5-8(17-7)6-14-11-9(12)3-4-10(15-11)16-2/h3-5H,6,12H2,1-2H3,(H,14,15). The third-order valence-electron chi connectivity index (χ3n) is 2.21. The van der Waals surface area contributed by atoms with Gasteiger partial charge in [-0.2, -0.15) is 4.98 Å². The number of hydrogen-bond acceptors (Lipinski definition) is 6. The summed E-state index contributed by atoms with van der Waals surface area (Å²) in [4.78, 5) is 9.57. The van der Waals surface area contributed by atoms with Crippen LogP contribution in [-0.4, -0.2) is 17.1 Å². The van der Waals surface area contributed by atoms with E-state index in [0.717, 1.165) is 9.88 Å². The molecule has 17 heavy (non-hydrogen) atoms. The van der Waals surface area contributed by atoms with Gasteiger partial charge in [-0.05, 0) is 13.0 Å². The van der Waals surface area contributed by atoms with Crippen LogP contribution in [0.4, 0.5) is 11.5 Å². The lowest BCUT2D eigenvalue weighted by Gasteiger charge is -2.08. The van der Waals surface area contributed by atoms with Gasteiger partial charge in [0.15, 0.2) is 5.82 Å². The van der Waals surface area contributed by atoms with E-state index in [2.05, 4.69) is 15.3 Å². The van der Waals surface area contributed by atoms with Crippen LogP contribution in [0, 0.1) is 6.92 Å². The number of nitrogens with zero attached hydrogens (tertiary/aromatic N) is 2. The highest BCUT2D eigenvalue weighted by Gasteiger charge is 2.04. The van der Waals surface area contributed by atoms with Crippen molar-refractivity contribution in [2.24, 2.45) is 0 Å². The Morgan fingerprint density at radius 2 is 2.29 bits per heavy atom. The van der Waals surface area contributed by atoms with E-state index in [1.165, 1.54) is 0 Å². The lowest BCUT2D eigenvalue weighted by atomic mass is 10.4. The molecular weight excluding hydrogens is 236 g/mol. The van der Waals surface area contributed by atoms with Crippen molar-refractivity contribution in [2.75, 3.05) is 18.2 Å². The zero-order chi connectivity index (χ0) is 12.3. The van der Waals surface area contributed by atoms with Crippen LogP contribution in [0.15, 0.2) is 18.3 Å². The SMILES string of the molecule is COc1ccc(N)c(NCc2cnc(C)s2)n1. The smallest absolute Gasteiger partial charge is 0.215 e. The number of pyridine rings is 1. The fraction of sp³-hybridized carbons (Fsp3) is 0.273. The maximum absolute atomic E-state index is 5.82. The fourth-order valence-corrected chi connectivity index (χ4v) is 2.10. The van der Waals surface area contributed by atoms with Gasteiger partial charge in [-0.25, -0.2) is 4.98 Å². The minimum Gasteiger partial charge on any atom is -0.481 e. The number of aryl methyl sites for hydroxylation is 1. The highest BCUT2D eigenvalue weighted by molar-refractivity contribution is 7.11. The van der Waals surface area contributed by atoms with Gasteiger partial charge in [0.1, 0.15) is 0 Å². The molecule has 6 heteroatoms. The number of ether oxygens (including phenoxy) is 1. The summed E-state index contributed by atoms with van der Waals surface area (Å²) in [6, 6.07) is 3.50. The van der Waals surface area contributed by atoms with Gasteiger partial charge in [0.05, 0.1) is 24.3 Å². The van der Waals surface area contributed by atoms with E-state index in [4.69, 9.17) is 10.5 Å². The number of hydrogen-bond donors (Lipinski definition) is 2. The Bertz CT molecular complexity index is 512. The van der Waals surface area contributed by atoms with Crippen molar-refractivity contribution in [1.82, 2.24) is 9.97 Å². The molecule has 0 aromatic carbocycles. The average molecular weight is 250 g/mol. The van der Waals surface area contributed by atoms with Crippen LogP contribution in [0.25, 0.3) is 0 Å². The van der Waals surface area contributed by atoms with Crippen molar-refractivity contribution in [3.05, 3.63) is 28.2 Å². The molecular formula is C11H14N4OS. The van der Waals surface area contributed by atoms with E-state index in [1.807, 2.05) is 13.1 Å². The number of nitrogens with two attached hydrogens (primary N) is 1. The van der Waals surface area contributed by atoms with Gasteiger partial charge in [0.2, 0.25) is 5.88 Å². The van der Waals surface area contributed by atoms with Crippen LogP contribution < -0.4 is 15.8 Å². The maximum Gasteiger partial charge on any atom is 0.215 e. The Balaban J connectivity index is 2.07. The van der Waals surface area contributed by atoms with E-state index in [1.54, 1.807) is 30.6 Å². The van der Waals surface area contributed by atoms with Gasteiger partial charge in [0.25, 0.3) is 0 Å². The molecule has 0 atom stereocenters. The lowest BCUT2D eigenvalue weighted by molar-refractivity contribution is 0.398. The van der Waals surface area contributed by atoms with Crippen molar-refractivity contribution in [1.29, 1.82) is 0 Å². The number of methoxy groups -OCH3 is 1. The first-order chi connectivity index (χ1) is 8.19.